The van der Waals surface area contributed by atoms with Crippen molar-refractivity contribution in [2.45, 2.75) is 0 Å². The van der Waals surface area contributed by atoms with Crippen molar-refractivity contribution in [2.75, 3.05) is 24.3 Å². The molecule has 0 aliphatic rings. The highest BCUT2D eigenvalue weighted by atomic mass is 35.5. The van der Waals surface area contributed by atoms with Crippen molar-refractivity contribution in [1.82, 2.24) is 0 Å². The van der Waals surface area contributed by atoms with Crippen LogP contribution in [0.25, 0.3) is 0 Å². The Balaban J connectivity index is 2.01. The first-order valence-corrected chi connectivity index (χ1v) is 7.18. The van der Waals surface area contributed by atoms with Gasteiger partial charge in [0.1, 0.15) is 0 Å². The minimum atomic E-state index is -0.867. The number of ether oxygens (including phenoxy) is 1. The molecule has 2 aromatic carbocycles. The number of amides is 1. The Morgan fingerprint density at radius 1 is 1.17 bits per heavy atom. The summed E-state index contributed by atoms with van der Waals surface area (Å²) in [4.78, 5) is 11.9. The lowest BCUT2D eigenvalue weighted by atomic mass is 10.2. The predicted molar refractivity (Wildman–Crippen MR) is 86.5 cm³/mol. The largest absolute Gasteiger partial charge is 0.491 e. The monoisotopic (exact) mass is 360 g/mol. The van der Waals surface area contributed by atoms with Crippen LogP contribution in [0.1, 0.15) is 0 Å². The maximum atomic E-state index is 13.5. The van der Waals surface area contributed by atoms with E-state index >= 15 is 0 Å². The van der Waals surface area contributed by atoms with Crippen LogP contribution in [0.15, 0.2) is 30.3 Å². The first kappa shape index (κ1) is 17.3. The van der Waals surface area contributed by atoms with E-state index in [2.05, 4.69) is 15.4 Å². The smallest absolute Gasteiger partial charge is 0.243 e. The zero-order valence-corrected chi connectivity index (χ0v) is 13.4. The molecule has 2 aromatic rings. The van der Waals surface area contributed by atoms with Gasteiger partial charge in [-0.2, -0.15) is 0 Å². The second-order valence-corrected chi connectivity index (χ2v) is 5.34. The first-order chi connectivity index (χ1) is 10.9. The van der Waals surface area contributed by atoms with Gasteiger partial charge in [0.15, 0.2) is 17.4 Å². The van der Waals surface area contributed by atoms with Crippen molar-refractivity contribution in [2.24, 2.45) is 0 Å². The summed E-state index contributed by atoms with van der Waals surface area (Å²) >= 11 is 11.7. The van der Waals surface area contributed by atoms with Gasteiger partial charge >= 0.3 is 0 Å². The van der Waals surface area contributed by atoms with E-state index in [1.807, 2.05) is 0 Å². The number of carbonyl (C=O) groups is 1. The molecular formula is C15H12Cl2F2N2O2. The van der Waals surface area contributed by atoms with E-state index in [-0.39, 0.29) is 12.2 Å². The third-order valence-corrected chi connectivity index (χ3v) is 3.42. The van der Waals surface area contributed by atoms with Gasteiger partial charge in [-0.05, 0) is 18.2 Å². The lowest BCUT2D eigenvalue weighted by Gasteiger charge is -2.11. The van der Waals surface area contributed by atoms with Gasteiger partial charge in [-0.25, -0.2) is 8.78 Å². The highest BCUT2D eigenvalue weighted by Crippen LogP contribution is 2.26. The molecule has 0 spiro atoms. The molecule has 0 atom stereocenters. The number of methoxy groups -OCH3 is 1. The third-order valence-electron chi connectivity index (χ3n) is 2.86. The van der Waals surface area contributed by atoms with E-state index in [0.29, 0.717) is 15.7 Å². The normalized spacial score (nSPS) is 10.3. The topological polar surface area (TPSA) is 50.4 Å². The highest BCUT2D eigenvalue weighted by Gasteiger charge is 2.12. The molecule has 1 amide bonds. The molecule has 0 fully saturated rings. The van der Waals surface area contributed by atoms with Crippen molar-refractivity contribution >= 4 is 40.5 Å². The molecule has 122 valence electrons. The number of halogens is 4. The Kier molecular flexibility index (Phi) is 5.63. The third kappa shape index (κ3) is 4.46. The van der Waals surface area contributed by atoms with E-state index in [4.69, 9.17) is 23.2 Å². The molecule has 23 heavy (non-hydrogen) atoms. The zero-order chi connectivity index (χ0) is 17.0. The average Bonchev–Trinajstić information content (AvgIpc) is 2.49. The van der Waals surface area contributed by atoms with Crippen molar-refractivity contribution in [3.63, 3.8) is 0 Å². The van der Waals surface area contributed by atoms with Gasteiger partial charge in [0.2, 0.25) is 5.91 Å². The van der Waals surface area contributed by atoms with Crippen LogP contribution in [0.4, 0.5) is 20.2 Å². The number of carbonyl (C=O) groups excluding carboxylic acids is 1. The second-order valence-electron chi connectivity index (χ2n) is 4.50. The second kappa shape index (κ2) is 7.48. The predicted octanol–water partition coefficient (Wildman–Crippen LogP) is 4.33. The highest BCUT2D eigenvalue weighted by molar-refractivity contribution is 6.35. The fraction of sp³-hybridized carbons (Fsp3) is 0.133. The maximum Gasteiger partial charge on any atom is 0.243 e. The molecule has 8 heteroatoms. The number of hydrogen-bond acceptors (Lipinski definition) is 3. The first-order valence-electron chi connectivity index (χ1n) is 6.42. The van der Waals surface area contributed by atoms with Gasteiger partial charge in [-0.15, -0.1) is 0 Å². The van der Waals surface area contributed by atoms with Gasteiger partial charge in [0.25, 0.3) is 0 Å². The average molecular weight is 361 g/mol. The zero-order valence-electron chi connectivity index (χ0n) is 11.9. The van der Waals surface area contributed by atoms with Gasteiger partial charge in [0, 0.05) is 22.8 Å². The molecule has 0 saturated heterocycles. The number of nitrogens with one attached hydrogen (secondary N) is 2. The van der Waals surface area contributed by atoms with E-state index < -0.39 is 23.3 Å². The summed E-state index contributed by atoms with van der Waals surface area (Å²) in [5, 5.41) is 5.89. The van der Waals surface area contributed by atoms with Crippen LogP contribution < -0.4 is 15.4 Å². The molecular weight excluding hydrogens is 349 g/mol. The van der Waals surface area contributed by atoms with Gasteiger partial charge < -0.3 is 15.4 Å². The van der Waals surface area contributed by atoms with Crippen LogP contribution in [0.5, 0.6) is 5.75 Å². The molecule has 0 aromatic heterocycles. The Morgan fingerprint density at radius 3 is 2.43 bits per heavy atom. The van der Waals surface area contributed by atoms with Crippen LogP contribution in [0.2, 0.25) is 10.0 Å². The summed E-state index contributed by atoms with van der Waals surface area (Å²) in [6, 6.07) is 6.68. The van der Waals surface area contributed by atoms with Crippen LogP contribution in [0, 0.1) is 11.6 Å². The molecule has 0 aliphatic heterocycles. The fourth-order valence-corrected chi connectivity index (χ4v) is 2.16. The molecule has 0 saturated carbocycles. The lowest BCUT2D eigenvalue weighted by Crippen LogP contribution is -2.22. The molecule has 2 N–H and O–H groups in total. The summed E-state index contributed by atoms with van der Waals surface area (Å²) in [5.41, 5.74) is 0.450. The van der Waals surface area contributed by atoms with Crippen LogP contribution in [-0.4, -0.2) is 19.6 Å². The van der Waals surface area contributed by atoms with E-state index in [9.17, 15) is 13.6 Å². The molecule has 0 unspecified atom stereocenters. The lowest BCUT2D eigenvalue weighted by molar-refractivity contribution is -0.114. The van der Waals surface area contributed by atoms with Crippen LogP contribution in [0.3, 0.4) is 0 Å². The summed E-state index contributed by atoms with van der Waals surface area (Å²) in [7, 11) is 1.16. The number of rotatable bonds is 5. The fourth-order valence-electron chi connectivity index (χ4n) is 1.83. The summed E-state index contributed by atoms with van der Waals surface area (Å²) in [6.07, 6.45) is 0. The Labute approximate surface area is 141 Å². The van der Waals surface area contributed by atoms with Crippen molar-refractivity contribution in [3.05, 3.63) is 52.0 Å². The van der Waals surface area contributed by atoms with Crippen molar-refractivity contribution in [1.29, 1.82) is 0 Å². The number of benzene rings is 2. The molecule has 0 bridgehead atoms. The molecule has 0 aliphatic carbocycles. The quantitative estimate of drug-likeness (QED) is 0.834. The summed E-state index contributed by atoms with van der Waals surface area (Å²) < 4.78 is 31.7. The maximum absolute atomic E-state index is 13.5. The van der Waals surface area contributed by atoms with Crippen LogP contribution in [-0.2, 0) is 4.79 Å². The molecule has 2 rings (SSSR count). The molecule has 0 heterocycles. The minimum Gasteiger partial charge on any atom is -0.491 e. The Hall–Kier alpha value is -2.05. The number of anilines is 2. The van der Waals surface area contributed by atoms with Crippen molar-refractivity contribution < 1.29 is 18.3 Å². The van der Waals surface area contributed by atoms with Gasteiger partial charge in [-0.3, -0.25) is 4.79 Å². The van der Waals surface area contributed by atoms with Gasteiger partial charge in [0.05, 0.1) is 24.4 Å². The summed E-state index contributed by atoms with van der Waals surface area (Å²) in [6.45, 7) is -0.214. The van der Waals surface area contributed by atoms with Crippen LogP contribution >= 0.6 is 23.2 Å². The standard InChI is InChI=1S/C15H12Cl2F2N2O2/c1-23-15-11(18)5-9(6-12(15)19)20-7-14(22)21-13-4-8(16)2-3-10(13)17/h2-6,20H,7H2,1H3,(H,21,22). The Bertz CT molecular complexity index is 718. The molecule has 0 radical (unpaired) electrons. The van der Waals surface area contributed by atoms with E-state index in [1.165, 1.54) is 6.07 Å². The summed E-state index contributed by atoms with van der Waals surface area (Å²) in [5.74, 6) is -2.67. The Morgan fingerprint density at radius 2 is 1.83 bits per heavy atom. The molecule has 4 nitrogen and oxygen atoms in total. The minimum absolute atomic E-state index is 0.105. The van der Waals surface area contributed by atoms with Crippen molar-refractivity contribution in [3.8, 4) is 5.75 Å². The van der Waals surface area contributed by atoms with E-state index in [1.54, 1.807) is 12.1 Å². The SMILES string of the molecule is COc1c(F)cc(NCC(=O)Nc2cc(Cl)ccc2Cl)cc1F. The van der Waals surface area contributed by atoms with E-state index in [0.717, 1.165) is 19.2 Å². The van der Waals surface area contributed by atoms with Gasteiger partial charge in [-0.1, -0.05) is 23.2 Å². The number of hydrogen-bond donors (Lipinski definition) is 2.